The third kappa shape index (κ3) is 3.83. The van der Waals surface area contributed by atoms with E-state index in [2.05, 4.69) is 10.2 Å². The van der Waals surface area contributed by atoms with Crippen molar-refractivity contribution >= 4 is 23.7 Å². The van der Waals surface area contributed by atoms with Crippen LogP contribution in [0.4, 0.5) is 0 Å². The van der Waals surface area contributed by atoms with Gasteiger partial charge in [0.1, 0.15) is 0 Å². The lowest BCUT2D eigenvalue weighted by molar-refractivity contribution is -0.197. The van der Waals surface area contributed by atoms with Crippen LogP contribution in [0.1, 0.15) is 33.1 Å². The van der Waals surface area contributed by atoms with Crippen LogP contribution >= 0.6 is 0 Å². The predicted octanol–water partition coefficient (Wildman–Crippen LogP) is -0.244. The van der Waals surface area contributed by atoms with Gasteiger partial charge in [0.2, 0.25) is 5.91 Å². The molecule has 1 N–H and O–H groups in total. The maximum absolute atomic E-state index is 11.3. The van der Waals surface area contributed by atoms with Crippen molar-refractivity contribution in [3.05, 3.63) is 0 Å². The number of nitrogens with zero attached hydrogens (tertiary/aromatic N) is 1. The molecule has 1 aliphatic heterocycles. The number of carbonyl (C=O) groups is 4. The van der Waals surface area contributed by atoms with Crippen molar-refractivity contribution in [3.8, 4) is 0 Å². The van der Waals surface area contributed by atoms with Crippen molar-refractivity contribution in [1.29, 1.82) is 0 Å². The molecule has 100 valence electrons. The van der Waals surface area contributed by atoms with E-state index >= 15 is 0 Å². The van der Waals surface area contributed by atoms with Crippen LogP contribution in [0.25, 0.3) is 0 Å². The summed E-state index contributed by atoms with van der Waals surface area (Å²) in [5.74, 6) is -2.08. The first-order valence-electron chi connectivity index (χ1n) is 5.76. The molecule has 0 saturated carbocycles. The van der Waals surface area contributed by atoms with E-state index in [1.54, 1.807) is 13.8 Å². The molecule has 3 amide bonds. The van der Waals surface area contributed by atoms with Gasteiger partial charge in [0.05, 0.1) is 6.42 Å². The second kappa shape index (κ2) is 6.13. The number of hydrogen-bond donors (Lipinski definition) is 1. The van der Waals surface area contributed by atoms with Gasteiger partial charge in [0.15, 0.2) is 0 Å². The van der Waals surface area contributed by atoms with Crippen LogP contribution < -0.4 is 5.32 Å². The zero-order valence-electron chi connectivity index (χ0n) is 10.4. The molecule has 0 atom stereocenters. The summed E-state index contributed by atoms with van der Waals surface area (Å²) >= 11 is 0. The van der Waals surface area contributed by atoms with E-state index in [9.17, 15) is 19.2 Å². The summed E-state index contributed by atoms with van der Waals surface area (Å²) in [6.07, 6.45) is 0.0436. The maximum Gasteiger partial charge on any atom is 0.334 e. The van der Waals surface area contributed by atoms with Gasteiger partial charge in [0, 0.05) is 25.3 Å². The number of imide groups is 1. The molecule has 0 aromatic heterocycles. The predicted molar refractivity (Wildman–Crippen MR) is 59.6 cm³/mol. The lowest BCUT2D eigenvalue weighted by atomic mass is 10.2. The smallest absolute Gasteiger partial charge is 0.334 e. The van der Waals surface area contributed by atoms with E-state index in [0.717, 1.165) is 0 Å². The minimum Gasteiger partial charge on any atom is -0.355 e. The van der Waals surface area contributed by atoms with Gasteiger partial charge in [-0.25, -0.2) is 4.79 Å². The number of hydrogen-bond acceptors (Lipinski definition) is 5. The van der Waals surface area contributed by atoms with Crippen molar-refractivity contribution in [2.45, 2.75) is 33.1 Å². The maximum atomic E-state index is 11.3. The summed E-state index contributed by atoms with van der Waals surface area (Å²) in [4.78, 5) is 49.4. The molecule has 1 heterocycles. The van der Waals surface area contributed by atoms with E-state index in [4.69, 9.17) is 0 Å². The lowest BCUT2D eigenvalue weighted by Gasteiger charge is -2.12. The number of nitrogens with one attached hydrogen (secondary N) is 1. The van der Waals surface area contributed by atoms with Gasteiger partial charge in [0.25, 0.3) is 11.8 Å². The van der Waals surface area contributed by atoms with Crippen LogP contribution in [-0.2, 0) is 24.0 Å². The zero-order chi connectivity index (χ0) is 13.7. The van der Waals surface area contributed by atoms with Crippen molar-refractivity contribution in [3.63, 3.8) is 0 Å². The lowest BCUT2D eigenvalue weighted by Crippen LogP contribution is -2.34. The quantitative estimate of drug-likeness (QED) is 0.685. The molecular formula is C11H16N2O5. The molecule has 1 saturated heterocycles. The molecule has 7 heteroatoms. The highest BCUT2D eigenvalue weighted by molar-refractivity contribution is 6.01. The van der Waals surface area contributed by atoms with Crippen LogP contribution in [0.3, 0.4) is 0 Å². The standard InChI is InChI=1S/C11H16N2O5/c1-7(2)11(17)12-6-5-10(16)18-13-8(14)3-4-9(13)15/h7H,3-6H2,1-2H3,(H,12,17). The number of carbonyl (C=O) groups excluding carboxylic acids is 4. The van der Waals surface area contributed by atoms with Crippen LogP contribution in [0.5, 0.6) is 0 Å². The summed E-state index contributed by atoms with van der Waals surface area (Å²) < 4.78 is 0. The summed E-state index contributed by atoms with van der Waals surface area (Å²) in [6, 6.07) is 0. The van der Waals surface area contributed by atoms with Gasteiger partial charge in [-0.15, -0.1) is 5.06 Å². The van der Waals surface area contributed by atoms with Crippen LogP contribution in [-0.4, -0.2) is 35.3 Å². The first-order chi connectivity index (χ1) is 8.41. The minimum absolute atomic E-state index is 0.0657. The van der Waals surface area contributed by atoms with Gasteiger partial charge in [-0.2, -0.15) is 0 Å². The molecule has 0 bridgehead atoms. The van der Waals surface area contributed by atoms with E-state index in [1.807, 2.05) is 0 Å². The molecule has 0 aromatic rings. The first-order valence-corrected chi connectivity index (χ1v) is 5.76. The molecule has 7 nitrogen and oxygen atoms in total. The van der Waals surface area contributed by atoms with Gasteiger partial charge in [-0.3, -0.25) is 14.4 Å². The topological polar surface area (TPSA) is 92.8 Å². The van der Waals surface area contributed by atoms with Crippen LogP contribution in [0, 0.1) is 5.92 Å². The normalized spacial score (nSPS) is 15.2. The SMILES string of the molecule is CC(C)C(=O)NCCC(=O)ON1C(=O)CCC1=O. The van der Waals surface area contributed by atoms with E-state index < -0.39 is 17.8 Å². The van der Waals surface area contributed by atoms with E-state index in [0.29, 0.717) is 5.06 Å². The molecule has 0 unspecified atom stereocenters. The molecule has 1 aliphatic rings. The average molecular weight is 256 g/mol. The van der Waals surface area contributed by atoms with Crippen LogP contribution in [0.15, 0.2) is 0 Å². The second-order valence-corrected chi connectivity index (χ2v) is 4.24. The third-order valence-electron chi connectivity index (χ3n) is 2.35. The van der Waals surface area contributed by atoms with Gasteiger partial charge < -0.3 is 10.2 Å². The Hall–Kier alpha value is -1.92. The number of hydroxylamine groups is 2. The fourth-order valence-corrected chi connectivity index (χ4v) is 1.30. The summed E-state index contributed by atoms with van der Waals surface area (Å²) in [5.41, 5.74) is 0. The summed E-state index contributed by atoms with van der Waals surface area (Å²) in [7, 11) is 0. The molecule has 1 fully saturated rings. The van der Waals surface area contributed by atoms with Crippen molar-refractivity contribution < 1.29 is 24.0 Å². The second-order valence-electron chi connectivity index (χ2n) is 4.24. The van der Waals surface area contributed by atoms with Gasteiger partial charge in [-0.05, 0) is 0 Å². The molecule has 0 aliphatic carbocycles. The first kappa shape index (κ1) is 14.1. The highest BCUT2D eigenvalue weighted by Crippen LogP contribution is 2.12. The van der Waals surface area contributed by atoms with Crippen molar-refractivity contribution in [2.75, 3.05) is 6.54 Å². The fourth-order valence-electron chi connectivity index (χ4n) is 1.30. The minimum atomic E-state index is -0.720. The van der Waals surface area contributed by atoms with Crippen molar-refractivity contribution in [2.24, 2.45) is 5.92 Å². The summed E-state index contributed by atoms with van der Waals surface area (Å²) in [5, 5.41) is 3.02. The van der Waals surface area contributed by atoms with E-state index in [1.165, 1.54) is 0 Å². The molecule has 0 radical (unpaired) electrons. The fraction of sp³-hybridized carbons (Fsp3) is 0.636. The molecule has 18 heavy (non-hydrogen) atoms. The van der Waals surface area contributed by atoms with Crippen molar-refractivity contribution in [1.82, 2.24) is 10.4 Å². The monoisotopic (exact) mass is 256 g/mol. The highest BCUT2D eigenvalue weighted by Gasteiger charge is 2.32. The number of rotatable bonds is 5. The average Bonchev–Trinajstić information content (AvgIpc) is 2.60. The zero-order valence-corrected chi connectivity index (χ0v) is 10.4. The Morgan fingerprint density at radius 1 is 1.28 bits per heavy atom. The Balaban J connectivity index is 2.28. The Kier molecular flexibility index (Phi) is 4.82. The largest absolute Gasteiger partial charge is 0.355 e. The highest BCUT2D eigenvalue weighted by atomic mass is 16.7. The van der Waals surface area contributed by atoms with E-state index in [-0.39, 0.29) is 37.6 Å². The molecule has 0 aromatic carbocycles. The van der Waals surface area contributed by atoms with Crippen LogP contribution in [0.2, 0.25) is 0 Å². The Morgan fingerprint density at radius 3 is 2.33 bits per heavy atom. The summed E-state index contributed by atoms with van der Waals surface area (Å²) in [6.45, 7) is 3.58. The molecule has 0 spiro atoms. The Bertz CT molecular complexity index is 362. The Labute approximate surface area is 104 Å². The van der Waals surface area contributed by atoms with Gasteiger partial charge >= 0.3 is 5.97 Å². The van der Waals surface area contributed by atoms with Gasteiger partial charge in [-0.1, -0.05) is 13.8 Å². The number of amides is 3. The molecular weight excluding hydrogens is 240 g/mol. The Morgan fingerprint density at radius 2 is 1.83 bits per heavy atom. The third-order valence-corrected chi connectivity index (χ3v) is 2.35. The molecule has 1 rings (SSSR count).